The minimum atomic E-state index is 0.0583. The number of rotatable bonds is 3. The zero-order valence-electron chi connectivity index (χ0n) is 15.9. The quantitative estimate of drug-likeness (QED) is 0.662. The van der Waals surface area contributed by atoms with Crippen LogP contribution in [0.5, 0.6) is 11.5 Å². The first kappa shape index (κ1) is 17.2. The molecule has 1 aliphatic heterocycles. The van der Waals surface area contributed by atoms with E-state index in [4.69, 9.17) is 4.74 Å². The number of nitrogens with one attached hydrogen (secondary N) is 2. The van der Waals surface area contributed by atoms with Crippen LogP contribution in [0.25, 0.3) is 17.8 Å². The number of benzene rings is 1. The van der Waals surface area contributed by atoms with E-state index in [1.807, 2.05) is 39.0 Å². The molecule has 5 heteroatoms. The molecular formula is C22H23N3O2. The molecule has 0 radical (unpaired) electrons. The number of ether oxygens (including phenoxy) is 1. The van der Waals surface area contributed by atoms with Crippen molar-refractivity contribution in [2.45, 2.75) is 33.8 Å². The molecule has 138 valence electrons. The lowest BCUT2D eigenvalue weighted by atomic mass is 10.2. The van der Waals surface area contributed by atoms with Crippen LogP contribution in [0.15, 0.2) is 35.3 Å². The number of hydrogen-bond donors (Lipinski definition) is 3. The number of H-pyrrole nitrogens is 2. The topological polar surface area (TPSA) is 73.4 Å². The van der Waals surface area contributed by atoms with Crippen LogP contribution < -0.4 is 26.0 Å². The van der Waals surface area contributed by atoms with Crippen LogP contribution in [0.4, 0.5) is 0 Å². The van der Waals surface area contributed by atoms with Crippen LogP contribution in [0.1, 0.15) is 30.8 Å². The number of aryl methyl sites for hydroxylation is 2. The molecule has 0 spiro atoms. The molecule has 1 aromatic carbocycles. The fraction of sp³-hybridized carbons (Fsp3) is 0.227. The summed E-state index contributed by atoms with van der Waals surface area (Å²) in [6, 6.07) is 9.45. The van der Waals surface area contributed by atoms with Crippen LogP contribution in [-0.4, -0.2) is 21.2 Å². The lowest BCUT2D eigenvalue weighted by Crippen LogP contribution is -2.20. The first-order valence-corrected chi connectivity index (χ1v) is 9.07. The molecular weight excluding hydrogens is 338 g/mol. The molecule has 3 aromatic rings. The predicted molar refractivity (Wildman–Crippen MR) is 106 cm³/mol. The summed E-state index contributed by atoms with van der Waals surface area (Å²) >= 11 is 0. The van der Waals surface area contributed by atoms with Crippen molar-refractivity contribution in [3.63, 3.8) is 0 Å². The summed E-state index contributed by atoms with van der Waals surface area (Å²) in [5, 5.41) is 13.3. The normalized spacial score (nSPS) is 15.7. The SMILES string of the molecule is Cc1cc(C)c(/C=c2\[nH]/c(=C3/C=c4c(O)cccc4=N3)cc2OC(C)C)[nH]1. The van der Waals surface area contributed by atoms with Gasteiger partial charge >= 0.3 is 0 Å². The van der Waals surface area contributed by atoms with Gasteiger partial charge in [-0.3, -0.25) is 0 Å². The van der Waals surface area contributed by atoms with E-state index >= 15 is 0 Å². The zero-order valence-corrected chi connectivity index (χ0v) is 15.9. The lowest BCUT2D eigenvalue weighted by Gasteiger charge is -2.06. The highest BCUT2D eigenvalue weighted by Crippen LogP contribution is 2.12. The van der Waals surface area contributed by atoms with Gasteiger partial charge in [-0.25, -0.2) is 4.99 Å². The van der Waals surface area contributed by atoms with Crippen molar-refractivity contribution < 1.29 is 9.84 Å². The maximum absolute atomic E-state index is 10.1. The number of aromatic nitrogens is 2. The van der Waals surface area contributed by atoms with Gasteiger partial charge in [-0.2, -0.15) is 0 Å². The Morgan fingerprint density at radius 3 is 2.63 bits per heavy atom. The fourth-order valence-corrected chi connectivity index (χ4v) is 3.32. The summed E-state index contributed by atoms with van der Waals surface area (Å²) in [4.78, 5) is 11.4. The molecule has 4 rings (SSSR count). The standard InChI is InChI=1S/C22H23N3O2/c1-12(2)27-22-11-19(18-9-15-16(24-18)6-5-7-21(15)26)25-20(22)10-17-13(3)8-14(4)23-17/h5-12,23,25-26H,1-4H3/b19-18-,20-10-. The molecule has 2 aromatic heterocycles. The largest absolute Gasteiger partial charge is 0.507 e. The van der Waals surface area contributed by atoms with Crippen LogP contribution >= 0.6 is 0 Å². The van der Waals surface area contributed by atoms with Crippen LogP contribution in [0.3, 0.4) is 0 Å². The lowest BCUT2D eigenvalue weighted by molar-refractivity contribution is 0.240. The smallest absolute Gasteiger partial charge is 0.145 e. The van der Waals surface area contributed by atoms with Crippen molar-refractivity contribution in [3.05, 3.63) is 68.6 Å². The molecule has 0 amide bonds. The van der Waals surface area contributed by atoms with Gasteiger partial charge in [0.2, 0.25) is 0 Å². The van der Waals surface area contributed by atoms with Crippen molar-refractivity contribution >= 4 is 17.8 Å². The first-order valence-electron chi connectivity index (χ1n) is 9.07. The van der Waals surface area contributed by atoms with Gasteiger partial charge in [0.1, 0.15) is 11.5 Å². The number of phenolic OH excluding ortho intramolecular Hbond substituents is 1. The molecule has 0 unspecified atom stereocenters. The molecule has 0 atom stereocenters. The molecule has 0 bridgehead atoms. The number of aromatic amines is 2. The highest BCUT2D eigenvalue weighted by atomic mass is 16.5. The van der Waals surface area contributed by atoms with E-state index in [-0.39, 0.29) is 11.9 Å². The second-order valence-corrected chi connectivity index (χ2v) is 7.17. The third-order valence-corrected chi connectivity index (χ3v) is 4.51. The number of hydrogen-bond acceptors (Lipinski definition) is 3. The van der Waals surface area contributed by atoms with Gasteiger partial charge in [0.15, 0.2) is 0 Å². The van der Waals surface area contributed by atoms with Gasteiger partial charge < -0.3 is 19.8 Å². The van der Waals surface area contributed by atoms with Crippen molar-refractivity contribution in [1.29, 1.82) is 0 Å². The summed E-state index contributed by atoms with van der Waals surface area (Å²) in [6.07, 6.45) is 4.01. The summed E-state index contributed by atoms with van der Waals surface area (Å²) in [7, 11) is 0. The maximum Gasteiger partial charge on any atom is 0.145 e. The Balaban J connectivity index is 1.93. The number of phenols is 1. The van der Waals surface area contributed by atoms with E-state index in [0.29, 0.717) is 0 Å². The number of aromatic hydroxyl groups is 1. The number of fused-ring (bicyclic) bond motifs is 1. The summed E-state index contributed by atoms with van der Waals surface area (Å²) in [6.45, 7) is 8.14. The molecule has 3 heterocycles. The summed E-state index contributed by atoms with van der Waals surface area (Å²) < 4.78 is 6.01. The number of nitrogens with zero attached hydrogens (tertiary/aromatic N) is 1. The molecule has 0 fully saturated rings. The van der Waals surface area contributed by atoms with Gasteiger partial charge in [-0.05, 0) is 63.6 Å². The monoisotopic (exact) mass is 361 g/mol. The Labute approximate surface area is 157 Å². The molecule has 3 N–H and O–H groups in total. The van der Waals surface area contributed by atoms with Crippen molar-refractivity contribution in [1.82, 2.24) is 9.97 Å². The molecule has 0 saturated heterocycles. The Hall–Kier alpha value is -3.21. The highest BCUT2D eigenvalue weighted by Gasteiger charge is 2.10. The Morgan fingerprint density at radius 2 is 1.96 bits per heavy atom. The van der Waals surface area contributed by atoms with Crippen LogP contribution in [0.2, 0.25) is 0 Å². The van der Waals surface area contributed by atoms with E-state index in [9.17, 15) is 5.11 Å². The maximum atomic E-state index is 10.1. The Kier molecular flexibility index (Phi) is 4.15. The van der Waals surface area contributed by atoms with E-state index in [1.165, 1.54) is 5.56 Å². The first-order chi connectivity index (χ1) is 12.9. The molecule has 5 nitrogen and oxygen atoms in total. The van der Waals surface area contributed by atoms with Crippen LogP contribution in [0, 0.1) is 13.8 Å². The van der Waals surface area contributed by atoms with Crippen molar-refractivity contribution in [3.8, 4) is 11.5 Å². The van der Waals surface area contributed by atoms with Crippen molar-refractivity contribution in [2.24, 2.45) is 4.99 Å². The van der Waals surface area contributed by atoms with Gasteiger partial charge in [-0.1, -0.05) is 6.07 Å². The zero-order chi connectivity index (χ0) is 19.1. The average Bonchev–Trinajstić information content (AvgIpc) is 3.26. The fourth-order valence-electron chi connectivity index (χ4n) is 3.32. The van der Waals surface area contributed by atoms with Gasteiger partial charge in [-0.15, -0.1) is 0 Å². The van der Waals surface area contributed by atoms with E-state index < -0.39 is 0 Å². The molecule has 27 heavy (non-hydrogen) atoms. The second kappa shape index (κ2) is 6.50. The third kappa shape index (κ3) is 3.28. The Bertz CT molecular complexity index is 1260. The van der Waals surface area contributed by atoms with Gasteiger partial charge in [0.05, 0.1) is 27.9 Å². The Morgan fingerprint density at radius 1 is 1.15 bits per heavy atom. The van der Waals surface area contributed by atoms with E-state index in [0.717, 1.165) is 44.1 Å². The molecule has 1 aliphatic rings. The molecule has 0 saturated carbocycles. The molecule has 0 aliphatic carbocycles. The van der Waals surface area contributed by atoms with Crippen molar-refractivity contribution in [2.75, 3.05) is 0 Å². The van der Waals surface area contributed by atoms with E-state index in [2.05, 4.69) is 34.0 Å². The minimum absolute atomic E-state index is 0.0583. The summed E-state index contributed by atoms with van der Waals surface area (Å²) in [5.41, 5.74) is 4.13. The predicted octanol–water partition coefficient (Wildman–Crippen LogP) is 1.50. The summed E-state index contributed by atoms with van der Waals surface area (Å²) in [5.74, 6) is 1.02. The highest BCUT2D eigenvalue weighted by molar-refractivity contribution is 5.77. The van der Waals surface area contributed by atoms with Gasteiger partial charge in [0, 0.05) is 22.7 Å². The van der Waals surface area contributed by atoms with E-state index in [1.54, 1.807) is 12.1 Å². The third-order valence-electron chi connectivity index (χ3n) is 4.51. The minimum Gasteiger partial charge on any atom is -0.507 e. The van der Waals surface area contributed by atoms with Gasteiger partial charge in [0.25, 0.3) is 0 Å². The van der Waals surface area contributed by atoms with Crippen LogP contribution in [-0.2, 0) is 0 Å². The average molecular weight is 361 g/mol. The second-order valence-electron chi connectivity index (χ2n) is 7.17.